The number of methoxy groups -OCH3 is 1. The maximum absolute atomic E-state index is 11.1. The smallest absolute Gasteiger partial charge is 0.338 e. The molecule has 3 heteroatoms. The van der Waals surface area contributed by atoms with Crippen molar-refractivity contribution < 1.29 is 14.3 Å². The van der Waals surface area contributed by atoms with Gasteiger partial charge in [-0.3, -0.25) is 0 Å². The van der Waals surface area contributed by atoms with E-state index < -0.39 is 5.97 Å². The molecule has 0 heterocycles. The van der Waals surface area contributed by atoms with E-state index in [1.54, 1.807) is 38.3 Å². The standard InChI is InChI=1S/C11H12O3/c1-8(2)11(12)14-10-6-4-9(13-3)5-7-10/h4-7H,1H2,2-3H3. The summed E-state index contributed by atoms with van der Waals surface area (Å²) in [5, 5.41) is 0. The lowest BCUT2D eigenvalue weighted by Gasteiger charge is -2.04. The monoisotopic (exact) mass is 192 g/mol. The number of esters is 1. The van der Waals surface area contributed by atoms with Crippen LogP contribution in [0.25, 0.3) is 0 Å². The van der Waals surface area contributed by atoms with Gasteiger partial charge in [0, 0.05) is 5.57 Å². The van der Waals surface area contributed by atoms with Crippen molar-refractivity contribution in [2.24, 2.45) is 0 Å². The van der Waals surface area contributed by atoms with E-state index in [9.17, 15) is 4.79 Å². The van der Waals surface area contributed by atoms with Gasteiger partial charge in [-0.25, -0.2) is 4.79 Å². The summed E-state index contributed by atoms with van der Waals surface area (Å²) in [5.41, 5.74) is 0.376. The topological polar surface area (TPSA) is 35.5 Å². The SMILES string of the molecule is C=C(C)C(=O)Oc1ccc(OC)cc1. The first-order valence-corrected chi connectivity index (χ1v) is 4.15. The van der Waals surface area contributed by atoms with E-state index in [1.165, 1.54) is 0 Å². The zero-order valence-electron chi connectivity index (χ0n) is 8.24. The van der Waals surface area contributed by atoms with Crippen molar-refractivity contribution in [3.05, 3.63) is 36.4 Å². The Morgan fingerprint density at radius 3 is 2.14 bits per heavy atom. The molecule has 0 aliphatic rings. The van der Waals surface area contributed by atoms with E-state index in [0.29, 0.717) is 11.3 Å². The minimum Gasteiger partial charge on any atom is -0.497 e. The zero-order valence-corrected chi connectivity index (χ0v) is 8.24. The van der Waals surface area contributed by atoms with Crippen LogP contribution >= 0.6 is 0 Å². The van der Waals surface area contributed by atoms with Crippen LogP contribution in [0, 0.1) is 0 Å². The van der Waals surface area contributed by atoms with Gasteiger partial charge < -0.3 is 9.47 Å². The minimum absolute atomic E-state index is 0.376. The van der Waals surface area contributed by atoms with Crippen LogP contribution in [0.15, 0.2) is 36.4 Å². The molecule has 0 saturated heterocycles. The third kappa shape index (κ3) is 2.62. The fraction of sp³-hybridized carbons (Fsp3) is 0.182. The number of hydrogen-bond donors (Lipinski definition) is 0. The molecule has 0 spiro atoms. The molecule has 0 aliphatic heterocycles. The Labute approximate surface area is 83.0 Å². The highest BCUT2D eigenvalue weighted by molar-refractivity contribution is 5.88. The maximum atomic E-state index is 11.1. The van der Waals surface area contributed by atoms with Gasteiger partial charge in [0.25, 0.3) is 0 Å². The van der Waals surface area contributed by atoms with Crippen LogP contribution in [-0.2, 0) is 4.79 Å². The van der Waals surface area contributed by atoms with Crippen molar-refractivity contribution in [2.45, 2.75) is 6.92 Å². The molecule has 0 saturated carbocycles. The van der Waals surface area contributed by atoms with Crippen LogP contribution in [-0.4, -0.2) is 13.1 Å². The van der Waals surface area contributed by atoms with Gasteiger partial charge in [0.15, 0.2) is 0 Å². The molecule has 0 bridgehead atoms. The highest BCUT2D eigenvalue weighted by Crippen LogP contribution is 2.17. The van der Waals surface area contributed by atoms with E-state index in [1.807, 2.05) is 0 Å². The van der Waals surface area contributed by atoms with E-state index in [4.69, 9.17) is 9.47 Å². The minimum atomic E-state index is -0.421. The first kappa shape index (κ1) is 10.3. The second-order valence-corrected chi connectivity index (χ2v) is 2.85. The average Bonchev–Trinajstić information content (AvgIpc) is 2.19. The Balaban J connectivity index is 2.69. The molecule has 0 atom stereocenters. The van der Waals surface area contributed by atoms with E-state index in [-0.39, 0.29) is 0 Å². The van der Waals surface area contributed by atoms with E-state index >= 15 is 0 Å². The fourth-order valence-electron chi connectivity index (χ4n) is 0.838. The average molecular weight is 192 g/mol. The number of carbonyl (C=O) groups excluding carboxylic acids is 1. The molecular formula is C11H12O3. The predicted molar refractivity (Wildman–Crippen MR) is 53.4 cm³/mol. The van der Waals surface area contributed by atoms with Gasteiger partial charge in [-0.2, -0.15) is 0 Å². The highest BCUT2D eigenvalue weighted by Gasteiger charge is 2.04. The lowest BCUT2D eigenvalue weighted by atomic mass is 10.3. The van der Waals surface area contributed by atoms with Crippen molar-refractivity contribution in [2.75, 3.05) is 7.11 Å². The van der Waals surface area contributed by atoms with Crippen LogP contribution in [0.4, 0.5) is 0 Å². The first-order chi connectivity index (χ1) is 6.63. The Morgan fingerprint density at radius 2 is 1.71 bits per heavy atom. The summed E-state index contributed by atoms with van der Waals surface area (Å²) < 4.78 is 9.94. The first-order valence-electron chi connectivity index (χ1n) is 4.15. The lowest BCUT2D eigenvalue weighted by molar-refractivity contribution is -0.130. The van der Waals surface area contributed by atoms with Gasteiger partial charge in [-0.15, -0.1) is 0 Å². The third-order valence-corrected chi connectivity index (χ3v) is 1.62. The molecule has 0 aliphatic carbocycles. The molecule has 74 valence electrons. The molecule has 3 nitrogen and oxygen atoms in total. The van der Waals surface area contributed by atoms with Crippen molar-refractivity contribution in [3.63, 3.8) is 0 Å². The van der Waals surface area contributed by atoms with Crippen LogP contribution in [0.1, 0.15) is 6.92 Å². The summed E-state index contributed by atoms with van der Waals surface area (Å²) in [6.45, 7) is 5.09. The summed E-state index contributed by atoms with van der Waals surface area (Å²) in [6, 6.07) is 6.78. The van der Waals surface area contributed by atoms with Gasteiger partial charge in [0.05, 0.1) is 7.11 Å². The van der Waals surface area contributed by atoms with Crippen molar-refractivity contribution in [1.29, 1.82) is 0 Å². The van der Waals surface area contributed by atoms with E-state index in [0.717, 1.165) is 5.75 Å². The molecule has 1 aromatic carbocycles. The molecular weight excluding hydrogens is 180 g/mol. The predicted octanol–water partition coefficient (Wildman–Crippen LogP) is 2.18. The lowest BCUT2D eigenvalue weighted by Crippen LogP contribution is -2.07. The molecule has 0 aromatic heterocycles. The molecule has 1 aromatic rings. The quantitative estimate of drug-likeness (QED) is 0.418. The summed E-state index contributed by atoms with van der Waals surface area (Å²) in [6.07, 6.45) is 0. The fourth-order valence-corrected chi connectivity index (χ4v) is 0.838. The second-order valence-electron chi connectivity index (χ2n) is 2.85. The largest absolute Gasteiger partial charge is 0.497 e. The van der Waals surface area contributed by atoms with Crippen molar-refractivity contribution in [3.8, 4) is 11.5 Å². The Bertz CT molecular complexity index is 338. The molecule has 0 unspecified atom stereocenters. The zero-order chi connectivity index (χ0) is 10.6. The van der Waals surface area contributed by atoms with Crippen LogP contribution < -0.4 is 9.47 Å². The van der Waals surface area contributed by atoms with Crippen LogP contribution in [0.3, 0.4) is 0 Å². The number of benzene rings is 1. The maximum Gasteiger partial charge on any atom is 0.338 e. The summed E-state index contributed by atoms with van der Waals surface area (Å²) in [4.78, 5) is 11.1. The van der Waals surface area contributed by atoms with Crippen LogP contribution in [0.5, 0.6) is 11.5 Å². The highest BCUT2D eigenvalue weighted by atomic mass is 16.5. The number of rotatable bonds is 3. The molecule has 0 radical (unpaired) electrons. The molecule has 14 heavy (non-hydrogen) atoms. The number of ether oxygens (including phenoxy) is 2. The normalized spacial score (nSPS) is 9.29. The summed E-state index contributed by atoms with van der Waals surface area (Å²) in [5.74, 6) is 0.786. The second kappa shape index (κ2) is 4.46. The summed E-state index contributed by atoms with van der Waals surface area (Å²) in [7, 11) is 1.58. The van der Waals surface area contributed by atoms with E-state index in [2.05, 4.69) is 6.58 Å². The molecule has 0 amide bonds. The van der Waals surface area contributed by atoms with Gasteiger partial charge in [-0.1, -0.05) is 6.58 Å². The Hall–Kier alpha value is -1.77. The van der Waals surface area contributed by atoms with Crippen molar-refractivity contribution >= 4 is 5.97 Å². The third-order valence-electron chi connectivity index (χ3n) is 1.62. The molecule has 0 N–H and O–H groups in total. The Morgan fingerprint density at radius 1 is 1.21 bits per heavy atom. The molecule has 0 fully saturated rings. The van der Waals surface area contributed by atoms with Crippen molar-refractivity contribution in [1.82, 2.24) is 0 Å². The Kier molecular flexibility index (Phi) is 3.29. The van der Waals surface area contributed by atoms with Gasteiger partial charge in [0.1, 0.15) is 11.5 Å². The van der Waals surface area contributed by atoms with Gasteiger partial charge in [0.2, 0.25) is 0 Å². The number of hydrogen-bond acceptors (Lipinski definition) is 3. The molecule has 1 rings (SSSR count). The van der Waals surface area contributed by atoms with Gasteiger partial charge >= 0.3 is 5.97 Å². The number of carbonyl (C=O) groups is 1. The van der Waals surface area contributed by atoms with Gasteiger partial charge in [-0.05, 0) is 31.2 Å². The van der Waals surface area contributed by atoms with Crippen LogP contribution in [0.2, 0.25) is 0 Å². The summed E-state index contributed by atoms with van der Waals surface area (Å²) >= 11 is 0.